The van der Waals surface area contributed by atoms with Crippen molar-refractivity contribution in [2.75, 3.05) is 26.2 Å². The van der Waals surface area contributed by atoms with Gasteiger partial charge in [-0.25, -0.2) is 19.6 Å². The van der Waals surface area contributed by atoms with Crippen LogP contribution in [-0.4, -0.2) is 53.2 Å². The third-order valence-electron chi connectivity index (χ3n) is 3.47. The molecule has 1 aliphatic heterocycles. The van der Waals surface area contributed by atoms with E-state index in [0.29, 0.717) is 32.0 Å². The Kier molecular flexibility index (Phi) is 4.85. The van der Waals surface area contributed by atoms with Gasteiger partial charge < -0.3 is 20.3 Å². The summed E-state index contributed by atoms with van der Waals surface area (Å²) in [4.78, 5) is 33.0. The van der Waals surface area contributed by atoms with Crippen molar-refractivity contribution >= 4 is 12.1 Å². The van der Waals surface area contributed by atoms with Crippen molar-refractivity contribution in [3.63, 3.8) is 0 Å². The van der Waals surface area contributed by atoms with Crippen LogP contribution in [0.15, 0.2) is 42.7 Å². The Morgan fingerprint density at radius 3 is 2.67 bits per heavy atom. The third kappa shape index (κ3) is 3.97. The Morgan fingerprint density at radius 1 is 1.25 bits per heavy atom. The Hall–Kier alpha value is -3.16. The second-order valence-corrected chi connectivity index (χ2v) is 5.14. The van der Waals surface area contributed by atoms with Crippen LogP contribution >= 0.6 is 0 Å². The molecule has 2 aromatic rings. The van der Waals surface area contributed by atoms with Crippen molar-refractivity contribution < 1.29 is 14.3 Å². The molecule has 1 fully saturated rings. The fraction of sp³-hybridized carbons (Fsp3) is 0.250. The number of nitrogens with zero attached hydrogens (tertiary/aromatic N) is 3. The molecule has 3 rings (SSSR count). The molecule has 2 N–H and O–H groups in total. The number of benzene rings is 1. The smallest absolute Gasteiger partial charge is 0.407 e. The zero-order valence-electron chi connectivity index (χ0n) is 12.9. The summed E-state index contributed by atoms with van der Waals surface area (Å²) < 4.78 is 5.10. The van der Waals surface area contributed by atoms with E-state index in [-0.39, 0.29) is 11.8 Å². The highest BCUT2D eigenvalue weighted by molar-refractivity contribution is 5.76. The average molecular weight is 327 g/mol. The molecule has 1 aromatic carbocycles. The summed E-state index contributed by atoms with van der Waals surface area (Å²) in [6.45, 7) is 2.03. The maximum Gasteiger partial charge on any atom is 0.412 e. The largest absolute Gasteiger partial charge is 0.412 e. The minimum absolute atomic E-state index is 0.116. The summed E-state index contributed by atoms with van der Waals surface area (Å²) in [6.07, 6.45) is 2.29. The molecule has 1 aromatic heterocycles. The molecule has 124 valence electrons. The highest BCUT2D eigenvalue weighted by atomic mass is 16.6. The predicted octanol–water partition coefficient (Wildman–Crippen LogP) is 1.26. The van der Waals surface area contributed by atoms with Crippen LogP contribution in [0.3, 0.4) is 0 Å². The van der Waals surface area contributed by atoms with E-state index in [2.05, 4.69) is 20.6 Å². The van der Waals surface area contributed by atoms with E-state index in [4.69, 9.17) is 4.74 Å². The number of nitrogens with one attached hydrogen (secondary N) is 2. The lowest BCUT2D eigenvalue weighted by atomic mass is 10.2. The van der Waals surface area contributed by atoms with Gasteiger partial charge in [-0.3, -0.25) is 0 Å². The van der Waals surface area contributed by atoms with Gasteiger partial charge in [0.2, 0.25) is 0 Å². The summed E-state index contributed by atoms with van der Waals surface area (Å²) in [5.41, 5.74) is 0.886. The first-order valence-corrected chi connectivity index (χ1v) is 7.58. The number of hydrogen-bond acceptors (Lipinski definition) is 5. The van der Waals surface area contributed by atoms with Crippen molar-refractivity contribution in [1.29, 1.82) is 0 Å². The highest BCUT2D eigenvalue weighted by Gasteiger charge is 2.18. The van der Waals surface area contributed by atoms with Crippen LogP contribution in [0.2, 0.25) is 0 Å². The second kappa shape index (κ2) is 7.40. The number of aromatic nitrogens is 2. The molecular formula is C16H17N5O3. The van der Waals surface area contributed by atoms with E-state index in [0.717, 1.165) is 5.56 Å². The minimum atomic E-state index is -0.606. The molecule has 1 aliphatic rings. The summed E-state index contributed by atoms with van der Waals surface area (Å²) in [5, 5.41) is 5.28. The molecule has 0 saturated carbocycles. The first kappa shape index (κ1) is 15.7. The molecule has 8 nitrogen and oxygen atoms in total. The van der Waals surface area contributed by atoms with Gasteiger partial charge in [-0.2, -0.15) is 0 Å². The summed E-state index contributed by atoms with van der Waals surface area (Å²) in [6, 6.07) is 9.40. The first-order chi connectivity index (χ1) is 11.7. The van der Waals surface area contributed by atoms with Crippen LogP contribution in [0.4, 0.5) is 9.59 Å². The van der Waals surface area contributed by atoms with Gasteiger partial charge in [-0.15, -0.1) is 0 Å². The average Bonchev–Trinajstić information content (AvgIpc) is 3.01. The van der Waals surface area contributed by atoms with E-state index in [1.165, 1.54) is 12.4 Å². The molecule has 1 saturated heterocycles. The number of urea groups is 1. The SMILES string of the molecule is O=C(NCCN1CCNC1=O)Oc1cnc(-c2ccccc2)nc1. The topological polar surface area (TPSA) is 96.5 Å². The second-order valence-electron chi connectivity index (χ2n) is 5.14. The van der Waals surface area contributed by atoms with Crippen LogP contribution in [0.5, 0.6) is 5.75 Å². The standard InChI is InChI=1S/C16H17N5O3/c22-15-17-6-8-21(15)9-7-18-16(23)24-13-10-19-14(20-11-13)12-4-2-1-3-5-12/h1-5,10-11H,6-9H2,(H,17,22)(H,18,23). The summed E-state index contributed by atoms with van der Waals surface area (Å²) in [5.74, 6) is 0.814. The van der Waals surface area contributed by atoms with Crippen LogP contribution in [0.1, 0.15) is 0 Å². The van der Waals surface area contributed by atoms with E-state index < -0.39 is 6.09 Å². The predicted molar refractivity (Wildman–Crippen MR) is 86.5 cm³/mol. The molecule has 0 radical (unpaired) electrons. The molecule has 2 heterocycles. The molecule has 0 atom stereocenters. The maximum atomic E-state index is 11.7. The Morgan fingerprint density at radius 2 is 2.00 bits per heavy atom. The van der Waals surface area contributed by atoms with Gasteiger partial charge in [-0.05, 0) is 0 Å². The zero-order chi connectivity index (χ0) is 16.8. The highest BCUT2D eigenvalue weighted by Crippen LogP contribution is 2.15. The number of hydrogen-bond donors (Lipinski definition) is 2. The Bertz CT molecular complexity index is 705. The molecule has 0 bridgehead atoms. The molecule has 0 spiro atoms. The summed E-state index contributed by atoms with van der Waals surface area (Å²) in [7, 11) is 0. The maximum absolute atomic E-state index is 11.7. The molecular weight excluding hydrogens is 310 g/mol. The number of amides is 3. The van der Waals surface area contributed by atoms with Gasteiger partial charge in [0.15, 0.2) is 11.6 Å². The van der Waals surface area contributed by atoms with Crippen LogP contribution in [0, 0.1) is 0 Å². The van der Waals surface area contributed by atoms with E-state index in [9.17, 15) is 9.59 Å². The van der Waals surface area contributed by atoms with Crippen molar-refractivity contribution in [2.45, 2.75) is 0 Å². The third-order valence-corrected chi connectivity index (χ3v) is 3.47. The lowest BCUT2D eigenvalue weighted by molar-refractivity contribution is 0.196. The van der Waals surface area contributed by atoms with Crippen molar-refractivity contribution in [1.82, 2.24) is 25.5 Å². The Labute approximate surface area is 138 Å². The van der Waals surface area contributed by atoms with Gasteiger partial charge in [0.05, 0.1) is 12.4 Å². The summed E-state index contributed by atoms with van der Waals surface area (Å²) >= 11 is 0. The van der Waals surface area contributed by atoms with Gasteiger partial charge in [-0.1, -0.05) is 30.3 Å². The van der Waals surface area contributed by atoms with Gasteiger partial charge in [0, 0.05) is 31.7 Å². The normalized spacial score (nSPS) is 13.5. The van der Waals surface area contributed by atoms with Gasteiger partial charge >= 0.3 is 12.1 Å². The van der Waals surface area contributed by atoms with Gasteiger partial charge in [0.25, 0.3) is 0 Å². The van der Waals surface area contributed by atoms with Crippen molar-refractivity contribution in [3.8, 4) is 17.1 Å². The van der Waals surface area contributed by atoms with Gasteiger partial charge in [0.1, 0.15) is 0 Å². The lowest BCUT2D eigenvalue weighted by Crippen LogP contribution is -2.37. The van der Waals surface area contributed by atoms with E-state index in [1.54, 1.807) is 4.90 Å². The fourth-order valence-electron chi connectivity index (χ4n) is 2.27. The number of rotatable bonds is 5. The van der Waals surface area contributed by atoms with E-state index in [1.807, 2.05) is 30.3 Å². The molecule has 0 unspecified atom stereocenters. The Balaban J connectivity index is 1.47. The fourth-order valence-corrected chi connectivity index (χ4v) is 2.27. The number of carbonyl (C=O) groups is 2. The number of carbonyl (C=O) groups excluding carboxylic acids is 2. The first-order valence-electron chi connectivity index (χ1n) is 7.58. The van der Waals surface area contributed by atoms with Crippen LogP contribution < -0.4 is 15.4 Å². The molecule has 3 amide bonds. The molecule has 0 aliphatic carbocycles. The minimum Gasteiger partial charge on any atom is -0.407 e. The number of ether oxygens (including phenoxy) is 1. The molecule has 8 heteroatoms. The zero-order valence-corrected chi connectivity index (χ0v) is 12.9. The van der Waals surface area contributed by atoms with E-state index >= 15 is 0 Å². The van der Waals surface area contributed by atoms with Crippen LogP contribution in [0.25, 0.3) is 11.4 Å². The van der Waals surface area contributed by atoms with Crippen LogP contribution in [-0.2, 0) is 0 Å². The quantitative estimate of drug-likeness (QED) is 0.862. The monoisotopic (exact) mass is 327 g/mol. The van der Waals surface area contributed by atoms with Crippen molar-refractivity contribution in [2.24, 2.45) is 0 Å². The van der Waals surface area contributed by atoms with Crippen molar-refractivity contribution in [3.05, 3.63) is 42.7 Å². The molecule has 24 heavy (non-hydrogen) atoms. The lowest BCUT2D eigenvalue weighted by Gasteiger charge is -2.14.